The summed E-state index contributed by atoms with van der Waals surface area (Å²) >= 11 is 1.77. The number of ether oxygens (including phenoxy) is 1. The van der Waals surface area contributed by atoms with Gasteiger partial charge in [-0.15, -0.1) is 11.3 Å². The van der Waals surface area contributed by atoms with Crippen LogP contribution in [0.4, 0.5) is 0 Å². The van der Waals surface area contributed by atoms with Crippen LogP contribution in [0.2, 0.25) is 0 Å². The van der Waals surface area contributed by atoms with E-state index >= 15 is 0 Å². The molecule has 0 saturated heterocycles. The standard InChI is InChI=1S/C17H23NO2S/c1-17(2,16-5-4-10-21-16)12-18-11-15(19)13-6-8-14(20-3)9-7-13/h4-10,15,18-19H,11-12H2,1-3H3. The maximum Gasteiger partial charge on any atom is 0.118 e. The average molecular weight is 305 g/mol. The van der Waals surface area contributed by atoms with Gasteiger partial charge in [-0.2, -0.15) is 0 Å². The van der Waals surface area contributed by atoms with Crippen molar-refractivity contribution in [1.82, 2.24) is 5.32 Å². The van der Waals surface area contributed by atoms with E-state index in [2.05, 4.69) is 36.7 Å². The molecule has 1 unspecified atom stereocenters. The minimum atomic E-state index is -0.505. The highest BCUT2D eigenvalue weighted by Gasteiger charge is 2.21. The molecular weight excluding hydrogens is 282 g/mol. The smallest absolute Gasteiger partial charge is 0.118 e. The van der Waals surface area contributed by atoms with Gasteiger partial charge in [-0.05, 0) is 29.1 Å². The van der Waals surface area contributed by atoms with Crippen LogP contribution in [0.15, 0.2) is 41.8 Å². The Morgan fingerprint density at radius 2 is 1.95 bits per heavy atom. The summed E-state index contributed by atoms with van der Waals surface area (Å²) in [5.74, 6) is 0.803. The fourth-order valence-electron chi connectivity index (χ4n) is 2.22. The summed E-state index contributed by atoms with van der Waals surface area (Å²) in [6.45, 7) is 5.80. The lowest BCUT2D eigenvalue weighted by Gasteiger charge is -2.24. The topological polar surface area (TPSA) is 41.5 Å². The summed E-state index contributed by atoms with van der Waals surface area (Å²) < 4.78 is 5.12. The Kier molecular flexibility index (Phi) is 5.39. The predicted octanol–water partition coefficient (Wildman–Crippen LogP) is 3.36. The molecule has 1 aromatic carbocycles. The number of rotatable bonds is 7. The highest BCUT2D eigenvalue weighted by atomic mass is 32.1. The first-order chi connectivity index (χ1) is 10.0. The number of methoxy groups -OCH3 is 1. The zero-order valence-corrected chi connectivity index (χ0v) is 13.6. The predicted molar refractivity (Wildman–Crippen MR) is 88.2 cm³/mol. The average Bonchev–Trinajstić information content (AvgIpc) is 3.02. The van der Waals surface area contributed by atoms with Gasteiger partial charge in [-0.1, -0.05) is 32.0 Å². The van der Waals surface area contributed by atoms with Crippen LogP contribution in [0.1, 0.15) is 30.4 Å². The van der Waals surface area contributed by atoms with E-state index in [0.29, 0.717) is 6.54 Å². The Balaban J connectivity index is 1.85. The number of hydrogen-bond acceptors (Lipinski definition) is 4. The largest absolute Gasteiger partial charge is 0.497 e. The van der Waals surface area contributed by atoms with Gasteiger partial charge in [0.2, 0.25) is 0 Å². The molecule has 0 fully saturated rings. The summed E-state index contributed by atoms with van der Waals surface area (Å²) in [7, 11) is 1.64. The zero-order valence-electron chi connectivity index (χ0n) is 12.8. The maximum absolute atomic E-state index is 10.2. The lowest BCUT2D eigenvalue weighted by atomic mass is 9.91. The Hall–Kier alpha value is -1.36. The van der Waals surface area contributed by atoms with Crippen LogP contribution in [0.5, 0.6) is 5.75 Å². The van der Waals surface area contributed by atoms with Crippen molar-refractivity contribution in [1.29, 1.82) is 0 Å². The lowest BCUT2D eigenvalue weighted by Crippen LogP contribution is -2.34. The third-order valence-electron chi connectivity index (χ3n) is 3.59. The first-order valence-corrected chi connectivity index (χ1v) is 7.97. The Bertz CT molecular complexity index is 534. The Morgan fingerprint density at radius 3 is 2.52 bits per heavy atom. The minimum Gasteiger partial charge on any atom is -0.497 e. The van der Waals surface area contributed by atoms with Crippen molar-refractivity contribution in [3.8, 4) is 5.75 Å². The van der Waals surface area contributed by atoms with Gasteiger partial charge in [-0.25, -0.2) is 0 Å². The van der Waals surface area contributed by atoms with Crippen LogP contribution in [-0.4, -0.2) is 25.3 Å². The van der Waals surface area contributed by atoms with Crippen molar-refractivity contribution in [3.05, 3.63) is 52.2 Å². The molecule has 4 heteroatoms. The van der Waals surface area contributed by atoms with E-state index in [1.807, 2.05) is 24.3 Å². The van der Waals surface area contributed by atoms with Crippen LogP contribution in [-0.2, 0) is 5.41 Å². The number of aliphatic hydroxyl groups excluding tert-OH is 1. The number of hydrogen-bond donors (Lipinski definition) is 2. The molecule has 21 heavy (non-hydrogen) atoms. The lowest BCUT2D eigenvalue weighted by molar-refractivity contribution is 0.172. The van der Waals surface area contributed by atoms with Gasteiger partial charge >= 0.3 is 0 Å². The molecule has 0 spiro atoms. The molecule has 1 aromatic heterocycles. The van der Waals surface area contributed by atoms with Gasteiger partial charge in [-0.3, -0.25) is 0 Å². The van der Waals surface area contributed by atoms with Gasteiger partial charge < -0.3 is 15.2 Å². The van der Waals surface area contributed by atoms with Crippen molar-refractivity contribution in [2.24, 2.45) is 0 Å². The van der Waals surface area contributed by atoms with Gasteiger partial charge in [0.15, 0.2) is 0 Å². The van der Waals surface area contributed by atoms with Crippen molar-refractivity contribution < 1.29 is 9.84 Å². The Morgan fingerprint density at radius 1 is 1.24 bits per heavy atom. The van der Waals surface area contributed by atoms with Crippen LogP contribution in [0.3, 0.4) is 0 Å². The number of benzene rings is 1. The third kappa shape index (κ3) is 4.30. The van der Waals surface area contributed by atoms with Crippen molar-refractivity contribution >= 4 is 11.3 Å². The molecule has 0 aliphatic heterocycles. The molecule has 2 N–H and O–H groups in total. The first-order valence-electron chi connectivity index (χ1n) is 7.09. The van der Waals surface area contributed by atoms with Crippen molar-refractivity contribution in [2.75, 3.05) is 20.2 Å². The molecule has 0 amide bonds. The number of thiophene rings is 1. The van der Waals surface area contributed by atoms with Crippen LogP contribution in [0, 0.1) is 0 Å². The Labute approximate surface area is 130 Å². The monoisotopic (exact) mass is 305 g/mol. The van der Waals surface area contributed by atoms with E-state index in [1.165, 1.54) is 4.88 Å². The van der Waals surface area contributed by atoms with Crippen LogP contribution < -0.4 is 10.1 Å². The fraction of sp³-hybridized carbons (Fsp3) is 0.412. The van der Waals surface area contributed by atoms with E-state index in [0.717, 1.165) is 17.9 Å². The molecule has 2 aromatic rings. The highest BCUT2D eigenvalue weighted by Crippen LogP contribution is 2.26. The third-order valence-corrected chi connectivity index (χ3v) is 4.83. The maximum atomic E-state index is 10.2. The molecule has 1 atom stereocenters. The van der Waals surface area contributed by atoms with E-state index in [9.17, 15) is 5.11 Å². The van der Waals surface area contributed by atoms with E-state index in [1.54, 1.807) is 18.4 Å². The highest BCUT2D eigenvalue weighted by molar-refractivity contribution is 7.10. The molecule has 0 radical (unpaired) electrons. The van der Waals surface area contributed by atoms with E-state index < -0.39 is 6.10 Å². The summed E-state index contributed by atoms with van der Waals surface area (Å²) in [4.78, 5) is 1.36. The second-order valence-corrected chi connectivity index (χ2v) is 6.73. The molecule has 0 aliphatic rings. The second kappa shape index (κ2) is 7.07. The number of aliphatic hydroxyl groups is 1. The van der Waals surface area contributed by atoms with Crippen molar-refractivity contribution in [3.63, 3.8) is 0 Å². The molecule has 1 heterocycles. The molecule has 0 aliphatic carbocycles. The quantitative estimate of drug-likeness (QED) is 0.824. The minimum absolute atomic E-state index is 0.0772. The zero-order chi connectivity index (χ0) is 15.3. The van der Waals surface area contributed by atoms with Gasteiger partial charge in [0, 0.05) is 23.4 Å². The second-order valence-electron chi connectivity index (χ2n) is 5.78. The molecule has 0 bridgehead atoms. The SMILES string of the molecule is COc1ccc(C(O)CNCC(C)(C)c2cccs2)cc1. The van der Waals surface area contributed by atoms with Gasteiger partial charge in [0.25, 0.3) is 0 Å². The summed E-state index contributed by atoms with van der Waals surface area (Å²) in [5, 5.41) is 15.7. The van der Waals surface area contributed by atoms with Crippen LogP contribution in [0.25, 0.3) is 0 Å². The van der Waals surface area contributed by atoms with E-state index in [-0.39, 0.29) is 5.41 Å². The summed E-state index contributed by atoms with van der Waals surface area (Å²) in [6.07, 6.45) is -0.505. The summed E-state index contributed by atoms with van der Waals surface area (Å²) in [6, 6.07) is 11.8. The molecule has 0 saturated carbocycles. The fourth-order valence-corrected chi connectivity index (χ4v) is 3.07. The normalized spacial score (nSPS) is 13.1. The van der Waals surface area contributed by atoms with E-state index in [4.69, 9.17) is 4.74 Å². The molecule has 114 valence electrons. The van der Waals surface area contributed by atoms with Gasteiger partial charge in [0.05, 0.1) is 13.2 Å². The molecular formula is C17H23NO2S. The molecule has 2 rings (SSSR count). The number of nitrogens with one attached hydrogen (secondary N) is 1. The van der Waals surface area contributed by atoms with Gasteiger partial charge in [0.1, 0.15) is 5.75 Å². The first kappa shape index (κ1) is 16.0. The van der Waals surface area contributed by atoms with Crippen molar-refractivity contribution in [2.45, 2.75) is 25.4 Å². The summed E-state index contributed by atoms with van der Waals surface area (Å²) in [5.41, 5.74) is 0.977. The molecule has 3 nitrogen and oxygen atoms in total. The van der Waals surface area contributed by atoms with Crippen LogP contribution >= 0.6 is 11.3 Å².